The molecule has 1 aromatic carbocycles. The molecule has 0 unspecified atom stereocenters. The van der Waals surface area contributed by atoms with Gasteiger partial charge in [-0.25, -0.2) is 0 Å². The van der Waals surface area contributed by atoms with E-state index in [0.29, 0.717) is 30.0 Å². The molecule has 2 rings (SSSR count). The highest BCUT2D eigenvalue weighted by atomic mass is 16.4. The van der Waals surface area contributed by atoms with Gasteiger partial charge in [-0.15, -0.1) is 0 Å². The van der Waals surface area contributed by atoms with Crippen molar-refractivity contribution in [3.05, 3.63) is 29.3 Å². The summed E-state index contributed by atoms with van der Waals surface area (Å²) in [6, 6.07) is -5.02. The Morgan fingerprint density at radius 2 is 1.09 bits per heavy atom. The second-order valence-electron chi connectivity index (χ2n) is 18.9. The molecule has 0 spiro atoms. The number of carbonyl (C=O) groups is 11. The van der Waals surface area contributed by atoms with E-state index >= 15 is 0 Å². The van der Waals surface area contributed by atoms with Gasteiger partial charge in [-0.2, -0.15) is 0 Å². The number of primary amides is 1. The van der Waals surface area contributed by atoms with E-state index in [2.05, 4.69) is 47.2 Å². The number of nitrogens with two attached hydrogens (primary N) is 7. The third kappa shape index (κ3) is 22.7. The minimum absolute atomic E-state index is 0.0117. The van der Waals surface area contributed by atoms with Gasteiger partial charge in [0.2, 0.25) is 47.3 Å². The van der Waals surface area contributed by atoms with Crippen LogP contribution in [-0.2, 0) is 43.2 Å². The molecule has 0 fully saturated rings. The van der Waals surface area contributed by atoms with Crippen LogP contribution in [0.15, 0.2) is 28.2 Å². The van der Waals surface area contributed by atoms with Crippen LogP contribution in [0.1, 0.15) is 106 Å². The predicted octanol–water partition coefficient (Wildman–Crippen LogP) is -5.65. The highest BCUT2D eigenvalue weighted by Gasteiger charge is 2.40. The lowest BCUT2D eigenvalue weighted by molar-refractivity contribution is -0.138. The number of anilines is 1. The molecule has 30 nitrogen and oxygen atoms in total. The van der Waals surface area contributed by atoms with Crippen molar-refractivity contribution >= 4 is 82.6 Å². The van der Waals surface area contributed by atoms with Crippen LogP contribution in [0.4, 0.5) is 5.69 Å². The fraction of sp³-hybridized carbons (Fsp3) is 0.596. The first-order valence-electron chi connectivity index (χ1n) is 25.0. The molecule has 0 radical (unpaired) electrons. The number of amides is 10. The molecule has 7 atom stereocenters. The fourth-order valence-electron chi connectivity index (χ4n) is 7.59. The van der Waals surface area contributed by atoms with E-state index in [0.717, 1.165) is 0 Å². The third-order valence-electron chi connectivity index (χ3n) is 11.7. The molecule has 0 bridgehead atoms. The number of carbonyl (C=O) groups excluding carboxylic acids is 10. The number of carboxylic acid groups (broad SMARTS) is 1. The summed E-state index contributed by atoms with van der Waals surface area (Å²) < 4.78 is 0. The van der Waals surface area contributed by atoms with Crippen molar-refractivity contribution < 1.29 is 57.8 Å². The number of nitrogens with one attached hydrogen (secondary N) is 7. The minimum atomic E-state index is -1.79. The second kappa shape index (κ2) is 32.3. The number of hydrogen-bond donors (Lipinski definition) is 15. The summed E-state index contributed by atoms with van der Waals surface area (Å²) >= 11 is 0. The lowest BCUT2D eigenvalue weighted by Crippen LogP contribution is -2.59. The number of guanidine groups is 2. The number of hydrogen-bond acceptors (Lipinski definition) is 16. The first-order valence-corrected chi connectivity index (χ1v) is 25.0. The summed E-state index contributed by atoms with van der Waals surface area (Å²) in [6.07, 6.45) is 0.205. The van der Waals surface area contributed by atoms with Crippen LogP contribution >= 0.6 is 0 Å². The van der Waals surface area contributed by atoms with Gasteiger partial charge in [-0.1, -0.05) is 13.8 Å². The summed E-state index contributed by atoms with van der Waals surface area (Å²) in [5.41, 5.74) is 39.4. The smallest absolute Gasteiger partial charge is 0.303 e. The number of fused-ring (bicyclic) bond motifs is 1. The maximum atomic E-state index is 14.2. The molecular formula is C47H78N18O12. The van der Waals surface area contributed by atoms with Crippen molar-refractivity contribution in [2.24, 2.45) is 56.0 Å². The monoisotopic (exact) mass is 1090 g/mol. The van der Waals surface area contributed by atoms with Gasteiger partial charge in [0.05, 0.1) is 30.3 Å². The number of imide groups is 1. The standard InChI is InChI=1S/C47H78N18O12/c1-24(2)20-33(39(71)57-22-35(66)58-34(43(75)59-29(37(50)69)15-16-36(67)68)23-65-44(76)27-14-13-26(64(4)5)21-28(27)45(65)77)63-42(74)32(12-9-19-56-47(53)54)62-41(73)31(11-8-18-55-46(51)52)61-40(72)30(10-6-7-17-48)60-38(70)25(3)49/h13-14,21,24-25,29-34H,6-12,15-20,22-23,48-49H2,1-5H3,(H2,50,69)(H,57,71)(H,58,66)(H,59,75)(H,60,70)(H,61,72)(H,62,73)(H,63,74)(H,67,68)(H4,51,52,55)(H4,53,54,56)/t25-,29-,30-,31-,32-,33-,34-/m0/s1. The SMILES string of the molecule is CC(C)C[C@H](NC(=O)[C@H](CCCN=C(N)N)NC(=O)[C@H](CCCN=C(N)N)NC(=O)[C@H](CCCCN)NC(=O)[C@H](C)N)C(=O)NCC(=O)N[C@@H](CN1C(=O)c2ccc(N(C)C)cc2C1=O)C(=O)N[C@@H](CCC(=O)O)C(N)=O. The Morgan fingerprint density at radius 3 is 1.56 bits per heavy atom. The number of rotatable bonds is 35. The summed E-state index contributed by atoms with van der Waals surface area (Å²) in [5.74, 6) is -10.9. The van der Waals surface area contributed by atoms with Crippen LogP contribution in [0.2, 0.25) is 0 Å². The highest BCUT2D eigenvalue weighted by molar-refractivity contribution is 6.22. The van der Waals surface area contributed by atoms with E-state index in [4.69, 9.17) is 40.1 Å². The van der Waals surface area contributed by atoms with Gasteiger partial charge in [0.15, 0.2) is 11.9 Å². The van der Waals surface area contributed by atoms with E-state index in [-0.39, 0.29) is 80.6 Å². The molecule has 0 saturated heterocycles. The van der Waals surface area contributed by atoms with E-state index in [1.54, 1.807) is 38.9 Å². The lowest BCUT2D eigenvalue weighted by atomic mass is 10.0. The van der Waals surface area contributed by atoms with Gasteiger partial charge in [0, 0.05) is 39.3 Å². The topological polar surface area (TPSA) is 506 Å². The fourth-order valence-corrected chi connectivity index (χ4v) is 7.59. The maximum Gasteiger partial charge on any atom is 0.303 e. The molecule has 0 saturated carbocycles. The molecule has 0 aromatic heterocycles. The van der Waals surface area contributed by atoms with Crippen molar-refractivity contribution in [3.8, 4) is 0 Å². The number of nitrogens with zero attached hydrogens (tertiary/aromatic N) is 4. The van der Waals surface area contributed by atoms with Crippen molar-refractivity contribution in [2.45, 2.75) is 127 Å². The average Bonchev–Trinajstić information content (AvgIpc) is 3.58. The van der Waals surface area contributed by atoms with E-state index < -0.39 is 133 Å². The van der Waals surface area contributed by atoms with Crippen LogP contribution in [0, 0.1) is 5.92 Å². The molecular weight excluding hydrogens is 1010 g/mol. The average molecular weight is 1090 g/mol. The maximum absolute atomic E-state index is 14.2. The summed E-state index contributed by atoms with van der Waals surface area (Å²) in [6.45, 7) is 3.67. The number of aliphatic imine (C=N–C) groups is 2. The molecule has 22 N–H and O–H groups in total. The summed E-state index contributed by atoms with van der Waals surface area (Å²) in [7, 11) is 3.43. The van der Waals surface area contributed by atoms with E-state index in [9.17, 15) is 57.8 Å². The van der Waals surface area contributed by atoms with Gasteiger partial charge in [-0.3, -0.25) is 67.6 Å². The van der Waals surface area contributed by atoms with Crippen LogP contribution < -0.4 is 82.3 Å². The van der Waals surface area contributed by atoms with Crippen molar-refractivity contribution in [2.75, 3.05) is 51.7 Å². The zero-order valence-corrected chi connectivity index (χ0v) is 44.2. The molecule has 0 aliphatic carbocycles. The molecule has 10 amide bonds. The zero-order chi connectivity index (χ0) is 58.1. The van der Waals surface area contributed by atoms with Gasteiger partial charge in [0.25, 0.3) is 11.8 Å². The Balaban J connectivity index is 2.43. The normalized spacial score (nSPS) is 14.5. The quantitative estimate of drug-likeness (QED) is 0.0130. The molecule has 428 valence electrons. The molecule has 1 heterocycles. The second-order valence-corrected chi connectivity index (χ2v) is 18.9. The van der Waals surface area contributed by atoms with Crippen LogP contribution in [-0.4, -0.2) is 176 Å². The number of carboxylic acids is 1. The first kappa shape index (κ1) is 65.0. The number of benzene rings is 1. The van der Waals surface area contributed by atoms with Gasteiger partial charge < -0.3 is 87.4 Å². The largest absolute Gasteiger partial charge is 0.481 e. The Hall–Kier alpha value is -8.15. The van der Waals surface area contributed by atoms with E-state index in [1.165, 1.54) is 19.1 Å². The Morgan fingerprint density at radius 1 is 0.610 bits per heavy atom. The highest BCUT2D eigenvalue weighted by Crippen LogP contribution is 2.27. The first-order chi connectivity index (χ1) is 36.2. The summed E-state index contributed by atoms with van der Waals surface area (Å²) in [5, 5.41) is 26.7. The van der Waals surface area contributed by atoms with Gasteiger partial charge >= 0.3 is 5.97 Å². The number of aliphatic carboxylic acids is 1. The van der Waals surface area contributed by atoms with Crippen molar-refractivity contribution in [1.29, 1.82) is 0 Å². The van der Waals surface area contributed by atoms with E-state index in [1.807, 2.05) is 0 Å². The third-order valence-corrected chi connectivity index (χ3v) is 11.7. The molecule has 1 aromatic rings. The van der Waals surface area contributed by atoms with Crippen LogP contribution in [0.5, 0.6) is 0 Å². The molecule has 77 heavy (non-hydrogen) atoms. The zero-order valence-electron chi connectivity index (χ0n) is 44.2. The molecule has 1 aliphatic rings. The van der Waals surface area contributed by atoms with Crippen LogP contribution in [0.3, 0.4) is 0 Å². The van der Waals surface area contributed by atoms with Gasteiger partial charge in [-0.05, 0) is 95.4 Å². The number of unbranched alkanes of at least 4 members (excludes halogenated alkanes) is 1. The van der Waals surface area contributed by atoms with Crippen molar-refractivity contribution in [1.82, 2.24) is 42.1 Å². The minimum Gasteiger partial charge on any atom is -0.481 e. The Labute approximate surface area is 445 Å². The van der Waals surface area contributed by atoms with Crippen LogP contribution in [0.25, 0.3) is 0 Å². The molecule has 1 aliphatic heterocycles. The van der Waals surface area contributed by atoms with Gasteiger partial charge in [0.1, 0.15) is 36.3 Å². The lowest BCUT2D eigenvalue weighted by Gasteiger charge is -2.27. The predicted molar refractivity (Wildman–Crippen MR) is 283 cm³/mol. The molecule has 30 heteroatoms. The summed E-state index contributed by atoms with van der Waals surface area (Å²) in [4.78, 5) is 157. The van der Waals surface area contributed by atoms with Crippen molar-refractivity contribution in [3.63, 3.8) is 0 Å². The Bertz CT molecular complexity index is 2340. The Kier molecular flexibility index (Phi) is 27.3.